The molecule has 37 heavy (non-hydrogen) atoms. The minimum Gasteiger partial charge on any atom is -0.508 e. The molecule has 0 radical (unpaired) electrons. The van der Waals surface area contributed by atoms with E-state index in [0.717, 1.165) is 0 Å². The topological polar surface area (TPSA) is 211 Å². The van der Waals surface area contributed by atoms with Crippen LogP contribution in [-0.4, -0.2) is 74.4 Å². The molecule has 3 amide bonds. The lowest BCUT2D eigenvalue weighted by Gasteiger charge is -2.25. The Balaban J connectivity index is 2.30. The summed E-state index contributed by atoms with van der Waals surface area (Å²) in [4.78, 5) is 49.9. The summed E-state index contributed by atoms with van der Waals surface area (Å²) in [5.41, 5.74) is 6.84. The second kappa shape index (κ2) is 13.2. The van der Waals surface area contributed by atoms with Crippen molar-refractivity contribution < 1.29 is 39.6 Å². The van der Waals surface area contributed by atoms with E-state index < -0.39 is 54.0 Å². The van der Waals surface area contributed by atoms with Gasteiger partial charge in [0.05, 0.1) is 6.10 Å². The fourth-order valence-corrected chi connectivity index (χ4v) is 3.29. The van der Waals surface area contributed by atoms with Gasteiger partial charge in [0.15, 0.2) is 0 Å². The number of carbonyl (C=O) groups excluding carboxylic acids is 3. The lowest BCUT2D eigenvalue weighted by Crippen LogP contribution is -2.58. The summed E-state index contributed by atoms with van der Waals surface area (Å²) >= 11 is 0. The molecule has 0 aliphatic carbocycles. The van der Waals surface area contributed by atoms with Crippen LogP contribution in [0.15, 0.2) is 48.5 Å². The number of carbonyl (C=O) groups is 4. The number of nitrogens with two attached hydrogens (primary N) is 1. The number of aliphatic hydroxyl groups is 1. The van der Waals surface area contributed by atoms with E-state index in [2.05, 4.69) is 16.0 Å². The Morgan fingerprint density at radius 2 is 1.11 bits per heavy atom. The van der Waals surface area contributed by atoms with Crippen molar-refractivity contribution in [1.29, 1.82) is 0 Å². The predicted octanol–water partition coefficient (Wildman–Crippen LogP) is -0.850. The lowest BCUT2D eigenvalue weighted by atomic mass is 10.0. The number of benzene rings is 2. The summed E-state index contributed by atoms with van der Waals surface area (Å²) in [6.07, 6.45) is -1.27. The van der Waals surface area contributed by atoms with E-state index in [0.29, 0.717) is 11.1 Å². The second-order valence-corrected chi connectivity index (χ2v) is 8.70. The van der Waals surface area contributed by atoms with Crippen LogP contribution in [0.2, 0.25) is 0 Å². The van der Waals surface area contributed by atoms with Gasteiger partial charge in [-0.25, -0.2) is 0 Å². The normalized spacial score (nSPS) is 14.9. The molecule has 0 spiro atoms. The zero-order valence-electron chi connectivity index (χ0n) is 20.4. The first-order valence-corrected chi connectivity index (χ1v) is 11.5. The highest BCUT2D eigenvalue weighted by Crippen LogP contribution is 2.14. The van der Waals surface area contributed by atoms with E-state index in [1.807, 2.05) is 0 Å². The first-order chi connectivity index (χ1) is 17.4. The van der Waals surface area contributed by atoms with Crippen LogP contribution in [0, 0.1) is 0 Å². The smallest absolute Gasteiger partial charge is 0.325 e. The van der Waals surface area contributed by atoms with E-state index in [1.165, 1.54) is 38.1 Å². The molecule has 2 aromatic carbocycles. The van der Waals surface area contributed by atoms with E-state index in [9.17, 15) is 34.5 Å². The van der Waals surface area contributed by atoms with Crippen molar-refractivity contribution in [2.45, 2.75) is 57.0 Å². The highest BCUT2D eigenvalue weighted by molar-refractivity contribution is 5.94. The van der Waals surface area contributed by atoms with E-state index in [4.69, 9.17) is 10.8 Å². The zero-order valence-corrected chi connectivity index (χ0v) is 20.4. The summed E-state index contributed by atoms with van der Waals surface area (Å²) in [7, 11) is 0. The molecule has 5 unspecified atom stereocenters. The van der Waals surface area contributed by atoms with E-state index in [-0.39, 0.29) is 24.3 Å². The fourth-order valence-electron chi connectivity index (χ4n) is 3.29. The molecule has 12 heteroatoms. The number of phenolic OH excluding ortho intramolecular Hbond substituents is 2. The number of nitrogens with one attached hydrogen (secondary N) is 3. The van der Waals surface area contributed by atoms with E-state index >= 15 is 0 Å². The largest absolute Gasteiger partial charge is 0.508 e. The first kappa shape index (κ1) is 29.1. The first-order valence-electron chi connectivity index (χ1n) is 11.5. The van der Waals surface area contributed by atoms with Crippen LogP contribution in [0.5, 0.6) is 11.5 Å². The molecule has 12 nitrogen and oxygen atoms in total. The molecule has 0 aromatic heterocycles. The number of hydrogen-bond acceptors (Lipinski definition) is 8. The maximum atomic E-state index is 13.3. The third-order valence-electron chi connectivity index (χ3n) is 5.57. The minimum absolute atomic E-state index is 0.000545. The molecular weight excluding hydrogens is 484 g/mol. The van der Waals surface area contributed by atoms with E-state index in [1.54, 1.807) is 24.3 Å². The number of rotatable bonds is 12. The van der Waals surface area contributed by atoms with Gasteiger partial charge in [0.25, 0.3) is 0 Å². The number of phenols is 2. The van der Waals surface area contributed by atoms with Crippen LogP contribution in [0.4, 0.5) is 0 Å². The summed E-state index contributed by atoms with van der Waals surface area (Å²) in [5.74, 6) is -3.60. The van der Waals surface area contributed by atoms with Crippen molar-refractivity contribution in [2.24, 2.45) is 5.73 Å². The number of aliphatic hydroxyl groups excluding tert-OH is 1. The van der Waals surface area contributed by atoms with Crippen LogP contribution in [-0.2, 0) is 32.0 Å². The van der Waals surface area contributed by atoms with Crippen molar-refractivity contribution in [3.05, 3.63) is 59.7 Å². The molecule has 0 saturated carbocycles. The Bertz CT molecular complexity index is 1090. The summed E-state index contributed by atoms with van der Waals surface area (Å²) in [6.45, 7) is 2.59. The standard InChI is InChI=1S/C25H32N4O8/c1-13(25(36)37)27-22(33)19(11-15-3-7-17(31)8-4-15)28-23(34)20(29-24(35)21(26)14(2)30)12-16-5-9-18(32)10-6-16/h3-10,13-14,19-21,30-32H,11-12,26H2,1-2H3,(H,27,33)(H,28,34)(H,29,35)(H,36,37). The van der Waals surface area contributed by atoms with Gasteiger partial charge in [0.2, 0.25) is 17.7 Å². The summed E-state index contributed by atoms with van der Waals surface area (Å²) in [5, 5.41) is 45.2. The third kappa shape index (κ3) is 9.09. The number of carboxylic acids is 1. The van der Waals surface area contributed by atoms with Crippen LogP contribution in [0.25, 0.3) is 0 Å². The molecule has 9 N–H and O–H groups in total. The van der Waals surface area contributed by atoms with Crippen LogP contribution >= 0.6 is 0 Å². The quantitative estimate of drug-likeness (QED) is 0.176. The highest BCUT2D eigenvalue weighted by atomic mass is 16.4. The van der Waals surface area contributed by atoms with Gasteiger partial charge < -0.3 is 42.1 Å². The minimum atomic E-state index is -1.32. The van der Waals surface area contributed by atoms with Gasteiger partial charge in [0, 0.05) is 12.8 Å². The van der Waals surface area contributed by atoms with Crippen molar-refractivity contribution in [3.8, 4) is 11.5 Å². The van der Waals surface area contributed by atoms with Crippen LogP contribution in [0.3, 0.4) is 0 Å². The Labute approximate surface area is 213 Å². The monoisotopic (exact) mass is 516 g/mol. The van der Waals surface area contributed by atoms with Crippen molar-refractivity contribution >= 4 is 23.7 Å². The highest BCUT2D eigenvalue weighted by Gasteiger charge is 2.30. The van der Waals surface area contributed by atoms with Gasteiger partial charge in [0.1, 0.15) is 35.7 Å². The maximum absolute atomic E-state index is 13.3. The number of aliphatic carboxylic acids is 1. The van der Waals surface area contributed by atoms with Gasteiger partial charge in [-0.2, -0.15) is 0 Å². The Morgan fingerprint density at radius 3 is 1.49 bits per heavy atom. The van der Waals surface area contributed by atoms with Gasteiger partial charge in [-0.15, -0.1) is 0 Å². The Morgan fingerprint density at radius 1 is 0.730 bits per heavy atom. The molecule has 0 fully saturated rings. The summed E-state index contributed by atoms with van der Waals surface area (Å²) < 4.78 is 0. The molecule has 0 aliphatic heterocycles. The molecule has 2 rings (SSSR count). The van der Waals surface area contributed by atoms with Gasteiger partial charge in [-0.3, -0.25) is 19.2 Å². The molecule has 0 aliphatic rings. The number of hydrogen-bond donors (Lipinski definition) is 8. The average Bonchev–Trinajstić information content (AvgIpc) is 2.84. The van der Waals surface area contributed by atoms with Gasteiger partial charge in [-0.1, -0.05) is 24.3 Å². The van der Waals surface area contributed by atoms with Crippen molar-refractivity contribution in [2.75, 3.05) is 0 Å². The second-order valence-electron chi connectivity index (χ2n) is 8.70. The molecule has 2 aromatic rings. The molecule has 5 atom stereocenters. The Kier molecular flexibility index (Phi) is 10.4. The molecule has 200 valence electrons. The molecular formula is C25H32N4O8. The fraction of sp³-hybridized carbons (Fsp3) is 0.360. The maximum Gasteiger partial charge on any atom is 0.325 e. The number of carboxylic acid groups (broad SMARTS) is 1. The van der Waals surface area contributed by atoms with Gasteiger partial charge in [-0.05, 0) is 49.2 Å². The number of aromatic hydroxyl groups is 2. The van der Waals surface area contributed by atoms with Crippen molar-refractivity contribution in [3.63, 3.8) is 0 Å². The van der Waals surface area contributed by atoms with Gasteiger partial charge >= 0.3 is 5.97 Å². The third-order valence-corrected chi connectivity index (χ3v) is 5.57. The molecule has 0 bridgehead atoms. The van der Waals surface area contributed by atoms with Crippen LogP contribution in [0.1, 0.15) is 25.0 Å². The Hall–Kier alpha value is -4.16. The zero-order chi connectivity index (χ0) is 27.7. The average molecular weight is 517 g/mol. The molecule has 0 saturated heterocycles. The molecule has 0 heterocycles. The number of amides is 3. The summed E-state index contributed by atoms with van der Waals surface area (Å²) in [6, 6.07) is 6.78. The van der Waals surface area contributed by atoms with Crippen LogP contribution < -0.4 is 21.7 Å². The predicted molar refractivity (Wildman–Crippen MR) is 132 cm³/mol. The van der Waals surface area contributed by atoms with Crippen molar-refractivity contribution in [1.82, 2.24) is 16.0 Å². The SMILES string of the molecule is CC(NC(=O)C(Cc1ccc(O)cc1)NC(=O)C(Cc1ccc(O)cc1)NC(=O)C(N)C(C)O)C(=O)O. The lowest BCUT2D eigenvalue weighted by molar-refractivity contribution is -0.141.